The Kier molecular flexibility index (Phi) is 7.05. The van der Waals surface area contributed by atoms with Crippen molar-refractivity contribution in [1.82, 2.24) is 0 Å². The molecule has 7 heteroatoms. The smallest absolute Gasteiger partial charge is 0.428 e. The molecule has 0 aromatic heterocycles. The first kappa shape index (κ1) is 15.2. The molecule has 0 heterocycles. The van der Waals surface area contributed by atoms with Gasteiger partial charge in [-0.1, -0.05) is 0 Å². The van der Waals surface area contributed by atoms with Gasteiger partial charge in [0.1, 0.15) is 12.0 Å². The number of rotatable bonds is 7. The lowest BCUT2D eigenvalue weighted by atomic mass is 10.6. The molecular formula is C9H17O6P. The van der Waals surface area contributed by atoms with Crippen LogP contribution in [0.2, 0.25) is 0 Å². The van der Waals surface area contributed by atoms with E-state index in [9.17, 15) is 9.36 Å². The monoisotopic (exact) mass is 252 g/mol. The third kappa shape index (κ3) is 6.61. The van der Waals surface area contributed by atoms with Gasteiger partial charge in [0.25, 0.3) is 0 Å². The van der Waals surface area contributed by atoms with Gasteiger partial charge in [-0.15, -0.1) is 0 Å². The van der Waals surface area contributed by atoms with Crippen LogP contribution < -0.4 is 0 Å². The quantitative estimate of drug-likeness (QED) is 0.394. The molecule has 0 N–H and O–H groups in total. The molecule has 0 aliphatic heterocycles. The number of carbonyl (C=O) groups excluding carboxylic acids is 1. The first-order valence-electron chi connectivity index (χ1n) is 4.86. The summed E-state index contributed by atoms with van der Waals surface area (Å²) in [4.78, 5) is 10.6. The van der Waals surface area contributed by atoms with Gasteiger partial charge in [0.15, 0.2) is 0 Å². The molecule has 0 atom stereocenters. The minimum absolute atomic E-state index is 0.173. The van der Waals surface area contributed by atoms with Gasteiger partial charge in [0.2, 0.25) is 0 Å². The molecule has 0 spiro atoms. The Bertz CT molecular complexity index is 288. The average Bonchev–Trinajstić information content (AvgIpc) is 2.15. The van der Waals surface area contributed by atoms with Gasteiger partial charge in [0.05, 0.1) is 13.2 Å². The van der Waals surface area contributed by atoms with Crippen LogP contribution in [-0.2, 0) is 27.7 Å². The Balaban J connectivity index is 4.41. The van der Waals surface area contributed by atoms with Crippen molar-refractivity contribution in [3.05, 3.63) is 12.0 Å². The van der Waals surface area contributed by atoms with Crippen molar-refractivity contribution >= 4 is 13.8 Å². The summed E-state index contributed by atoms with van der Waals surface area (Å²) in [5.41, 5.74) is 0. The number of hydrogen-bond donors (Lipinski definition) is 0. The predicted octanol–water partition coefficient (Wildman–Crippen LogP) is 2.61. The molecular weight excluding hydrogens is 235 g/mol. The van der Waals surface area contributed by atoms with E-state index < -0.39 is 13.8 Å². The Morgan fingerprint density at radius 1 is 1.19 bits per heavy atom. The highest BCUT2D eigenvalue weighted by molar-refractivity contribution is 7.48. The van der Waals surface area contributed by atoms with E-state index >= 15 is 0 Å². The molecule has 94 valence electrons. The van der Waals surface area contributed by atoms with Gasteiger partial charge in [-0.05, 0) is 20.8 Å². The molecule has 0 amide bonds. The molecule has 0 rings (SSSR count). The highest BCUT2D eigenvalue weighted by Crippen LogP contribution is 2.49. The second-order valence-corrected chi connectivity index (χ2v) is 4.33. The molecule has 6 nitrogen and oxygen atoms in total. The lowest BCUT2D eigenvalue weighted by Gasteiger charge is -2.14. The van der Waals surface area contributed by atoms with E-state index in [0.717, 1.165) is 6.26 Å². The molecule has 0 aliphatic rings. The van der Waals surface area contributed by atoms with Crippen LogP contribution in [0, 0.1) is 0 Å². The largest absolute Gasteiger partial charge is 0.529 e. The Hall–Kier alpha value is -0.840. The molecule has 0 aromatic carbocycles. The summed E-state index contributed by atoms with van der Waals surface area (Å²) in [5, 5.41) is 0. The van der Waals surface area contributed by atoms with Crippen molar-refractivity contribution in [3.8, 4) is 0 Å². The first-order valence-corrected chi connectivity index (χ1v) is 6.32. The van der Waals surface area contributed by atoms with Gasteiger partial charge in [-0.3, -0.25) is 13.8 Å². The van der Waals surface area contributed by atoms with Gasteiger partial charge in [-0.25, -0.2) is 4.57 Å². The molecule has 0 unspecified atom stereocenters. The maximum absolute atomic E-state index is 11.8. The van der Waals surface area contributed by atoms with E-state index in [2.05, 4.69) is 4.74 Å². The second kappa shape index (κ2) is 7.44. The van der Waals surface area contributed by atoms with E-state index in [0.29, 0.717) is 0 Å². The minimum Gasteiger partial charge on any atom is -0.428 e. The highest BCUT2D eigenvalue weighted by Gasteiger charge is 2.25. The Morgan fingerprint density at radius 3 is 2.06 bits per heavy atom. The lowest BCUT2D eigenvalue weighted by Crippen LogP contribution is -1.99. The summed E-state index contributed by atoms with van der Waals surface area (Å²) in [6, 6.07) is 0. The van der Waals surface area contributed by atoms with E-state index in [4.69, 9.17) is 13.6 Å². The van der Waals surface area contributed by atoms with Crippen molar-refractivity contribution in [2.24, 2.45) is 0 Å². The van der Waals surface area contributed by atoms with Gasteiger partial charge < -0.3 is 9.26 Å². The van der Waals surface area contributed by atoms with E-state index in [1.807, 2.05) is 0 Å². The zero-order valence-electron chi connectivity index (χ0n) is 9.89. The topological polar surface area (TPSA) is 71.1 Å². The van der Waals surface area contributed by atoms with Gasteiger partial charge in [-0.2, -0.15) is 0 Å². The number of esters is 1. The molecule has 0 aliphatic carbocycles. The fourth-order valence-electron chi connectivity index (χ4n) is 0.804. The second-order valence-electron chi connectivity index (χ2n) is 2.71. The summed E-state index contributed by atoms with van der Waals surface area (Å²) in [7, 11) is -3.58. The number of allylic oxidation sites excluding steroid dienone is 1. The van der Waals surface area contributed by atoms with Crippen LogP contribution in [0.4, 0.5) is 0 Å². The van der Waals surface area contributed by atoms with Crippen LogP contribution in [0.5, 0.6) is 0 Å². The van der Waals surface area contributed by atoms with Crippen molar-refractivity contribution in [2.75, 3.05) is 13.2 Å². The van der Waals surface area contributed by atoms with Gasteiger partial charge >= 0.3 is 13.8 Å². The Morgan fingerprint density at radius 2 is 1.69 bits per heavy atom. The summed E-state index contributed by atoms with van der Waals surface area (Å²) in [5.74, 6) is -0.313. The summed E-state index contributed by atoms with van der Waals surface area (Å²) < 4.78 is 31.0. The van der Waals surface area contributed by atoms with Crippen LogP contribution in [0.3, 0.4) is 0 Å². The van der Waals surface area contributed by atoms with E-state index in [-0.39, 0.29) is 19.0 Å². The highest BCUT2D eigenvalue weighted by atomic mass is 31.2. The molecule has 0 aromatic rings. The maximum Gasteiger partial charge on any atom is 0.529 e. The molecule has 0 saturated carbocycles. The zero-order chi connectivity index (χ0) is 12.6. The third-order valence-corrected chi connectivity index (χ3v) is 2.74. The molecule has 0 fully saturated rings. The molecule has 16 heavy (non-hydrogen) atoms. The summed E-state index contributed by atoms with van der Waals surface area (Å²) >= 11 is 0. The van der Waals surface area contributed by atoms with E-state index in [1.165, 1.54) is 13.8 Å². The van der Waals surface area contributed by atoms with Crippen LogP contribution >= 0.6 is 7.82 Å². The maximum atomic E-state index is 11.8. The number of phosphoric ester groups is 1. The number of phosphoric acid groups is 1. The van der Waals surface area contributed by atoms with Crippen LogP contribution in [-0.4, -0.2) is 19.2 Å². The summed E-state index contributed by atoms with van der Waals surface area (Å²) in [6.45, 7) is 6.45. The first-order chi connectivity index (χ1) is 7.43. The predicted molar refractivity (Wildman–Crippen MR) is 57.5 cm³/mol. The fourth-order valence-corrected chi connectivity index (χ4v) is 1.91. The molecule has 0 bridgehead atoms. The number of ether oxygens (including phenoxy) is 1. The van der Waals surface area contributed by atoms with Crippen LogP contribution in [0.25, 0.3) is 0 Å². The van der Waals surface area contributed by atoms with Crippen LogP contribution in [0.15, 0.2) is 12.0 Å². The minimum atomic E-state index is -3.58. The van der Waals surface area contributed by atoms with Crippen molar-refractivity contribution in [2.45, 2.75) is 27.7 Å². The third-order valence-electron chi connectivity index (χ3n) is 1.23. The van der Waals surface area contributed by atoms with E-state index in [1.54, 1.807) is 13.8 Å². The zero-order valence-corrected chi connectivity index (χ0v) is 10.8. The molecule has 0 saturated heterocycles. The fraction of sp³-hybridized carbons (Fsp3) is 0.667. The lowest BCUT2D eigenvalue weighted by molar-refractivity contribution is -0.136. The standard InChI is InChI=1S/C9H17O6P/c1-5-12-16(11,13-6-2)14-7-8(3)15-9(4)10/h7H,5-6H2,1-4H3. The average molecular weight is 252 g/mol. The normalized spacial score (nSPS) is 12.4. The van der Waals surface area contributed by atoms with Crippen molar-refractivity contribution in [3.63, 3.8) is 0 Å². The van der Waals surface area contributed by atoms with Crippen molar-refractivity contribution in [1.29, 1.82) is 0 Å². The molecule has 0 radical (unpaired) electrons. The SMILES string of the molecule is CCOP(=O)(OC=C(C)OC(C)=O)OCC. The van der Waals surface area contributed by atoms with Crippen LogP contribution in [0.1, 0.15) is 27.7 Å². The summed E-state index contributed by atoms with van der Waals surface area (Å²) in [6.07, 6.45) is 1.04. The number of carbonyl (C=O) groups is 1. The van der Waals surface area contributed by atoms with Gasteiger partial charge in [0, 0.05) is 6.92 Å². The van der Waals surface area contributed by atoms with Crippen molar-refractivity contribution < 1.29 is 27.7 Å². The Labute approximate surface area is 95.1 Å². The number of hydrogen-bond acceptors (Lipinski definition) is 6.